The Kier molecular flexibility index (Phi) is 7.50. The fourth-order valence-electron chi connectivity index (χ4n) is 3.05. The number of unbranched alkanes of at least 4 members (excludes halogenated alkanes) is 7. The number of H-pyrrole nitrogens is 1. The number of benzene rings is 1. The molecule has 3 rings (SSSR count). The van der Waals surface area contributed by atoms with Crippen molar-refractivity contribution in [3.05, 3.63) is 36.7 Å². The first-order valence-electron chi connectivity index (χ1n) is 9.77. The highest BCUT2D eigenvalue weighted by atomic mass is 32.2. The van der Waals surface area contributed by atoms with Crippen LogP contribution in [0.1, 0.15) is 58.3 Å². The monoisotopic (exact) mass is 368 g/mol. The zero-order chi connectivity index (χ0) is 18.0. The maximum atomic E-state index is 4.62. The minimum Gasteiger partial charge on any atom is -0.334 e. The summed E-state index contributed by atoms with van der Waals surface area (Å²) in [6.07, 6.45) is 12.4. The third-order valence-electron chi connectivity index (χ3n) is 4.54. The van der Waals surface area contributed by atoms with Gasteiger partial charge in [-0.1, -0.05) is 82.2 Å². The van der Waals surface area contributed by atoms with Gasteiger partial charge in [0.15, 0.2) is 5.65 Å². The van der Waals surface area contributed by atoms with Crippen molar-refractivity contribution < 1.29 is 0 Å². The average molecular weight is 369 g/mol. The first-order valence-corrected chi connectivity index (χ1v) is 10.8. The van der Waals surface area contributed by atoms with Crippen LogP contribution in [0.5, 0.6) is 0 Å². The van der Waals surface area contributed by atoms with Crippen molar-refractivity contribution >= 4 is 22.9 Å². The molecular weight excluding hydrogens is 340 g/mol. The molecule has 0 aliphatic rings. The summed E-state index contributed by atoms with van der Waals surface area (Å²) in [7, 11) is 0. The highest BCUT2D eigenvalue weighted by Crippen LogP contribution is 2.26. The van der Waals surface area contributed by atoms with E-state index in [9.17, 15) is 0 Å². The third-order valence-corrected chi connectivity index (χ3v) is 5.61. The third kappa shape index (κ3) is 5.31. The number of nitrogens with one attached hydrogen (secondary N) is 1. The van der Waals surface area contributed by atoms with E-state index in [4.69, 9.17) is 0 Å². The quantitative estimate of drug-likeness (QED) is 0.247. The van der Waals surface area contributed by atoms with Crippen LogP contribution in [0, 0.1) is 0 Å². The molecule has 0 spiro atoms. The molecule has 0 atom stereocenters. The lowest BCUT2D eigenvalue weighted by Gasteiger charge is -2.02. The molecule has 2 heterocycles. The number of hydrogen-bond acceptors (Lipinski definition) is 4. The van der Waals surface area contributed by atoms with Gasteiger partial charge in [-0.05, 0) is 12.2 Å². The smallest absolute Gasteiger partial charge is 0.182 e. The number of fused-ring (bicyclic) bond motifs is 1. The summed E-state index contributed by atoms with van der Waals surface area (Å²) in [6.45, 7) is 2.27. The SMILES string of the molecule is CCCCCCCCCCSc1ncnc2nc(-c3ccccc3)[nH]c12. The fourth-order valence-corrected chi connectivity index (χ4v) is 4.00. The Bertz CT molecular complexity index is 785. The molecule has 0 saturated carbocycles. The van der Waals surface area contributed by atoms with Crippen LogP contribution in [0.2, 0.25) is 0 Å². The van der Waals surface area contributed by atoms with Crippen LogP contribution >= 0.6 is 11.8 Å². The Morgan fingerprint density at radius 2 is 1.62 bits per heavy atom. The molecule has 1 aromatic carbocycles. The minimum absolute atomic E-state index is 0.747. The summed E-state index contributed by atoms with van der Waals surface area (Å²) in [5.41, 5.74) is 2.78. The molecule has 138 valence electrons. The second-order valence-corrected chi connectivity index (χ2v) is 7.74. The topological polar surface area (TPSA) is 54.5 Å². The van der Waals surface area contributed by atoms with Crippen molar-refractivity contribution in [2.24, 2.45) is 0 Å². The molecule has 2 aromatic heterocycles. The molecule has 26 heavy (non-hydrogen) atoms. The van der Waals surface area contributed by atoms with Crippen LogP contribution in [0.3, 0.4) is 0 Å². The number of aromatic nitrogens is 4. The second kappa shape index (κ2) is 10.3. The molecule has 5 heteroatoms. The van der Waals surface area contributed by atoms with Gasteiger partial charge in [0.1, 0.15) is 22.7 Å². The van der Waals surface area contributed by atoms with Gasteiger partial charge in [-0.2, -0.15) is 0 Å². The number of imidazole rings is 1. The summed E-state index contributed by atoms with van der Waals surface area (Å²) in [5, 5.41) is 1.01. The Labute approximate surface area is 160 Å². The molecule has 0 fully saturated rings. The van der Waals surface area contributed by atoms with Crippen molar-refractivity contribution in [1.29, 1.82) is 0 Å². The van der Waals surface area contributed by atoms with Crippen LogP contribution in [-0.4, -0.2) is 25.7 Å². The van der Waals surface area contributed by atoms with Gasteiger partial charge >= 0.3 is 0 Å². The summed E-state index contributed by atoms with van der Waals surface area (Å²) < 4.78 is 0. The van der Waals surface area contributed by atoms with Crippen LogP contribution in [0.25, 0.3) is 22.6 Å². The van der Waals surface area contributed by atoms with Crippen LogP contribution in [0.15, 0.2) is 41.7 Å². The van der Waals surface area contributed by atoms with Gasteiger partial charge in [0.05, 0.1) is 0 Å². The van der Waals surface area contributed by atoms with Gasteiger partial charge in [-0.15, -0.1) is 11.8 Å². The maximum Gasteiger partial charge on any atom is 0.182 e. The van der Waals surface area contributed by atoms with Crippen LogP contribution in [-0.2, 0) is 0 Å². The lowest BCUT2D eigenvalue weighted by molar-refractivity contribution is 0.586. The number of hydrogen-bond donors (Lipinski definition) is 1. The standard InChI is InChI=1S/C21H28N4S/c1-2-3-4-5-6-7-8-12-15-26-21-18-20(22-16-23-21)25-19(24-18)17-13-10-9-11-14-17/h9-11,13-14,16H,2-8,12,15H2,1H3,(H,22,23,24,25). The average Bonchev–Trinajstić information content (AvgIpc) is 3.12. The Balaban J connectivity index is 1.50. The summed E-state index contributed by atoms with van der Waals surface area (Å²) in [6, 6.07) is 10.2. The molecule has 0 radical (unpaired) electrons. The Hall–Kier alpha value is -1.88. The molecule has 0 aliphatic carbocycles. The molecule has 0 bridgehead atoms. The molecule has 4 nitrogen and oxygen atoms in total. The maximum absolute atomic E-state index is 4.62. The fraction of sp³-hybridized carbons (Fsp3) is 0.476. The molecule has 0 saturated heterocycles. The van der Waals surface area contributed by atoms with E-state index in [1.54, 1.807) is 6.33 Å². The van der Waals surface area contributed by atoms with Crippen molar-refractivity contribution in [3.8, 4) is 11.4 Å². The van der Waals surface area contributed by atoms with Crippen molar-refractivity contribution in [2.45, 2.75) is 63.3 Å². The molecule has 3 aromatic rings. The largest absolute Gasteiger partial charge is 0.334 e. The van der Waals surface area contributed by atoms with Crippen molar-refractivity contribution in [2.75, 3.05) is 5.75 Å². The zero-order valence-electron chi connectivity index (χ0n) is 15.6. The van der Waals surface area contributed by atoms with Gasteiger partial charge in [-0.3, -0.25) is 0 Å². The first kappa shape index (κ1) is 18.9. The predicted octanol–water partition coefficient (Wildman–Crippen LogP) is 6.25. The van der Waals surface area contributed by atoms with E-state index in [0.717, 1.165) is 33.3 Å². The molecule has 0 aliphatic heterocycles. The van der Waals surface area contributed by atoms with Gasteiger partial charge in [0, 0.05) is 5.56 Å². The summed E-state index contributed by atoms with van der Waals surface area (Å²) in [4.78, 5) is 16.8. The second-order valence-electron chi connectivity index (χ2n) is 6.65. The molecule has 1 N–H and O–H groups in total. The van der Waals surface area contributed by atoms with E-state index < -0.39 is 0 Å². The van der Waals surface area contributed by atoms with E-state index in [-0.39, 0.29) is 0 Å². The van der Waals surface area contributed by atoms with E-state index >= 15 is 0 Å². The highest BCUT2D eigenvalue weighted by molar-refractivity contribution is 7.99. The van der Waals surface area contributed by atoms with Gasteiger partial charge in [-0.25, -0.2) is 15.0 Å². The van der Waals surface area contributed by atoms with E-state index in [1.165, 1.54) is 51.4 Å². The van der Waals surface area contributed by atoms with Gasteiger partial charge in [0.2, 0.25) is 0 Å². The van der Waals surface area contributed by atoms with Crippen molar-refractivity contribution in [1.82, 2.24) is 19.9 Å². The number of nitrogens with zero attached hydrogens (tertiary/aromatic N) is 3. The van der Waals surface area contributed by atoms with Crippen LogP contribution < -0.4 is 0 Å². The molecule has 0 amide bonds. The first-order chi connectivity index (χ1) is 12.9. The number of thioether (sulfide) groups is 1. The van der Waals surface area contributed by atoms with E-state index in [1.807, 2.05) is 30.0 Å². The predicted molar refractivity (Wildman–Crippen MR) is 110 cm³/mol. The van der Waals surface area contributed by atoms with Gasteiger partial charge < -0.3 is 4.98 Å². The number of rotatable bonds is 11. The lowest BCUT2D eigenvalue weighted by atomic mass is 10.1. The summed E-state index contributed by atoms with van der Waals surface area (Å²) in [5.74, 6) is 1.95. The molecular formula is C21H28N4S. The minimum atomic E-state index is 0.747. The normalized spacial score (nSPS) is 11.3. The molecule has 0 unspecified atom stereocenters. The lowest BCUT2D eigenvalue weighted by Crippen LogP contribution is -1.88. The van der Waals surface area contributed by atoms with E-state index in [0.29, 0.717) is 0 Å². The number of aromatic amines is 1. The highest BCUT2D eigenvalue weighted by Gasteiger charge is 2.11. The van der Waals surface area contributed by atoms with E-state index in [2.05, 4.69) is 39.0 Å². The Morgan fingerprint density at radius 1 is 0.885 bits per heavy atom. The van der Waals surface area contributed by atoms with Gasteiger partial charge in [0.25, 0.3) is 0 Å². The zero-order valence-corrected chi connectivity index (χ0v) is 16.4. The Morgan fingerprint density at radius 3 is 2.38 bits per heavy atom. The van der Waals surface area contributed by atoms with Crippen LogP contribution in [0.4, 0.5) is 0 Å². The summed E-state index contributed by atoms with van der Waals surface area (Å²) >= 11 is 1.81. The van der Waals surface area contributed by atoms with Crippen molar-refractivity contribution in [3.63, 3.8) is 0 Å².